The van der Waals surface area contributed by atoms with Crippen molar-refractivity contribution in [2.45, 2.75) is 141 Å². The average molecular weight is 436 g/mol. The molecule has 3 saturated carbocycles. The van der Waals surface area contributed by atoms with Gasteiger partial charge in [-0.2, -0.15) is 0 Å². The Balaban J connectivity index is 1.58. The van der Waals surface area contributed by atoms with Crippen LogP contribution in [0.25, 0.3) is 0 Å². The van der Waals surface area contributed by atoms with Gasteiger partial charge in [0.25, 0.3) is 0 Å². The lowest BCUT2D eigenvalue weighted by Gasteiger charge is -2.34. The first-order chi connectivity index (χ1) is 14.7. The SMILES string of the molecule is CCC(=O)NC1CCCCCC(C2CCCCC(C3CCCC(P)CCC3)C2)CC1. The second-order valence-corrected chi connectivity index (χ2v) is 12.0. The first-order valence-electron chi connectivity index (χ1n) is 13.7. The van der Waals surface area contributed by atoms with Crippen molar-refractivity contribution in [1.29, 1.82) is 0 Å². The van der Waals surface area contributed by atoms with Gasteiger partial charge in [0.05, 0.1) is 0 Å². The van der Waals surface area contributed by atoms with E-state index >= 15 is 0 Å². The van der Waals surface area contributed by atoms with Gasteiger partial charge in [-0.1, -0.05) is 84.0 Å². The lowest BCUT2D eigenvalue weighted by atomic mass is 9.72. The van der Waals surface area contributed by atoms with Gasteiger partial charge in [-0.25, -0.2) is 0 Å². The molecule has 3 fully saturated rings. The molecule has 0 aliphatic heterocycles. The number of amides is 1. The standard InChI is InChI=1S/C27H50NOP/c1-2-27(29)28-25-15-5-3-4-10-22(18-19-25)24-12-7-6-11-23(20-24)21-13-8-16-26(30)17-9-14-21/h21-26H,2-20,30H2,1H3,(H,28,29). The molecule has 30 heavy (non-hydrogen) atoms. The van der Waals surface area contributed by atoms with E-state index in [1.54, 1.807) is 0 Å². The van der Waals surface area contributed by atoms with E-state index in [-0.39, 0.29) is 5.91 Å². The van der Waals surface area contributed by atoms with E-state index in [2.05, 4.69) is 14.6 Å². The number of carbonyl (C=O) groups excluding carboxylic acids is 1. The minimum atomic E-state index is 0.252. The van der Waals surface area contributed by atoms with Crippen molar-refractivity contribution in [2.75, 3.05) is 0 Å². The van der Waals surface area contributed by atoms with Crippen LogP contribution in [0.3, 0.4) is 0 Å². The Hall–Kier alpha value is -0.100. The number of carbonyl (C=O) groups is 1. The second-order valence-electron chi connectivity index (χ2n) is 11.0. The van der Waals surface area contributed by atoms with E-state index in [1.165, 1.54) is 116 Å². The summed E-state index contributed by atoms with van der Waals surface area (Å²) in [7, 11) is 3.10. The van der Waals surface area contributed by atoms with Gasteiger partial charge in [-0.05, 0) is 67.9 Å². The van der Waals surface area contributed by atoms with E-state index in [9.17, 15) is 4.79 Å². The highest BCUT2D eigenvalue weighted by atomic mass is 31.0. The molecule has 0 radical (unpaired) electrons. The summed E-state index contributed by atoms with van der Waals surface area (Å²) in [5.41, 5.74) is 0.882. The van der Waals surface area contributed by atoms with Crippen molar-refractivity contribution in [3.8, 4) is 0 Å². The van der Waals surface area contributed by atoms with Gasteiger partial charge in [0.1, 0.15) is 0 Å². The summed E-state index contributed by atoms with van der Waals surface area (Å²) in [4.78, 5) is 12.0. The third-order valence-electron chi connectivity index (χ3n) is 8.84. The van der Waals surface area contributed by atoms with Crippen LogP contribution in [0, 0.1) is 23.7 Å². The summed E-state index contributed by atoms with van der Waals surface area (Å²) in [6, 6.07) is 0.435. The molecular formula is C27H50NOP. The molecule has 0 aromatic carbocycles. The molecule has 0 spiro atoms. The third kappa shape index (κ3) is 8.11. The molecule has 1 N–H and O–H groups in total. The van der Waals surface area contributed by atoms with Gasteiger partial charge in [0.15, 0.2) is 0 Å². The third-order valence-corrected chi connectivity index (χ3v) is 9.50. The molecule has 3 heteroatoms. The van der Waals surface area contributed by atoms with Crippen LogP contribution in [0.1, 0.15) is 129 Å². The van der Waals surface area contributed by atoms with Crippen molar-refractivity contribution in [3.63, 3.8) is 0 Å². The molecule has 0 aromatic rings. The van der Waals surface area contributed by atoms with Crippen LogP contribution in [0.2, 0.25) is 0 Å². The molecule has 174 valence electrons. The Bertz CT molecular complexity index is 485. The van der Waals surface area contributed by atoms with Crippen molar-refractivity contribution >= 4 is 15.1 Å². The summed E-state index contributed by atoms with van der Waals surface area (Å²) >= 11 is 0. The van der Waals surface area contributed by atoms with Crippen LogP contribution in [0.5, 0.6) is 0 Å². The zero-order valence-electron chi connectivity index (χ0n) is 19.9. The van der Waals surface area contributed by atoms with Crippen LogP contribution in [-0.2, 0) is 4.79 Å². The molecule has 1 amide bonds. The quantitative estimate of drug-likeness (QED) is 0.356. The molecule has 3 aliphatic carbocycles. The highest BCUT2D eigenvalue weighted by Gasteiger charge is 2.32. The van der Waals surface area contributed by atoms with Gasteiger partial charge < -0.3 is 5.32 Å². The predicted molar refractivity (Wildman–Crippen MR) is 133 cm³/mol. The van der Waals surface area contributed by atoms with Gasteiger partial charge in [-0.3, -0.25) is 4.79 Å². The molecule has 0 aromatic heterocycles. The highest BCUT2D eigenvalue weighted by Crippen LogP contribution is 2.43. The smallest absolute Gasteiger partial charge is 0.219 e. The number of rotatable bonds is 4. The molecular weight excluding hydrogens is 385 g/mol. The zero-order valence-corrected chi connectivity index (χ0v) is 21.0. The fraction of sp³-hybridized carbons (Fsp3) is 0.963. The molecule has 2 nitrogen and oxygen atoms in total. The van der Waals surface area contributed by atoms with E-state index < -0.39 is 0 Å². The minimum Gasteiger partial charge on any atom is -0.353 e. The maximum Gasteiger partial charge on any atom is 0.219 e. The Morgan fingerprint density at radius 3 is 1.87 bits per heavy atom. The summed E-state index contributed by atoms with van der Waals surface area (Å²) < 4.78 is 0. The lowest BCUT2D eigenvalue weighted by molar-refractivity contribution is -0.121. The van der Waals surface area contributed by atoms with E-state index in [1.807, 2.05) is 6.92 Å². The lowest BCUT2D eigenvalue weighted by Crippen LogP contribution is -2.34. The molecule has 0 bridgehead atoms. The summed E-state index contributed by atoms with van der Waals surface area (Å²) in [6.07, 6.45) is 26.2. The number of hydrogen-bond acceptors (Lipinski definition) is 1. The van der Waals surface area contributed by atoms with E-state index in [4.69, 9.17) is 0 Å². The molecule has 5 atom stereocenters. The predicted octanol–water partition coefficient (Wildman–Crippen LogP) is 7.65. The molecule has 0 saturated heterocycles. The highest BCUT2D eigenvalue weighted by molar-refractivity contribution is 7.17. The zero-order chi connectivity index (χ0) is 21.2. The van der Waals surface area contributed by atoms with Crippen LogP contribution < -0.4 is 5.32 Å². The van der Waals surface area contributed by atoms with Gasteiger partial charge >= 0.3 is 0 Å². The summed E-state index contributed by atoms with van der Waals surface area (Å²) in [6.45, 7) is 1.98. The Labute approximate surface area is 189 Å². The molecule has 3 rings (SSSR count). The Morgan fingerprint density at radius 1 is 0.667 bits per heavy atom. The first kappa shape index (κ1) is 24.5. The van der Waals surface area contributed by atoms with E-state index in [0.717, 1.165) is 29.3 Å². The normalized spacial score (nSPS) is 37.5. The monoisotopic (exact) mass is 435 g/mol. The second kappa shape index (κ2) is 13.4. The average Bonchev–Trinajstić information content (AvgIpc) is 2.91. The Kier molecular flexibility index (Phi) is 11.0. The Morgan fingerprint density at radius 2 is 1.20 bits per heavy atom. The van der Waals surface area contributed by atoms with Gasteiger partial charge in [0, 0.05) is 12.5 Å². The fourth-order valence-corrected chi connectivity index (χ4v) is 7.43. The van der Waals surface area contributed by atoms with Crippen molar-refractivity contribution in [1.82, 2.24) is 5.32 Å². The number of hydrogen-bond donors (Lipinski definition) is 1. The maximum atomic E-state index is 12.0. The topological polar surface area (TPSA) is 29.1 Å². The van der Waals surface area contributed by atoms with Gasteiger partial charge in [0.2, 0.25) is 5.91 Å². The molecule has 0 heterocycles. The van der Waals surface area contributed by atoms with Gasteiger partial charge in [-0.15, -0.1) is 9.24 Å². The van der Waals surface area contributed by atoms with E-state index in [0.29, 0.717) is 12.5 Å². The van der Waals surface area contributed by atoms with Crippen LogP contribution in [0.15, 0.2) is 0 Å². The summed E-state index contributed by atoms with van der Waals surface area (Å²) in [5, 5.41) is 3.34. The summed E-state index contributed by atoms with van der Waals surface area (Å²) in [5.74, 6) is 4.13. The largest absolute Gasteiger partial charge is 0.353 e. The first-order valence-corrected chi connectivity index (χ1v) is 14.4. The number of nitrogens with one attached hydrogen (secondary N) is 1. The fourth-order valence-electron chi connectivity index (χ4n) is 6.96. The van der Waals surface area contributed by atoms with Crippen LogP contribution >= 0.6 is 9.24 Å². The van der Waals surface area contributed by atoms with Crippen molar-refractivity contribution < 1.29 is 4.79 Å². The van der Waals surface area contributed by atoms with Crippen molar-refractivity contribution in [2.24, 2.45) is 23.7 Å². The molecule has 3 aliphatic rings. The molecule has 5 unspecified atom stereocenters. The van der Waals surface area contributed by atoms with Crippen LogP contribution in [0.4, 0.5) is 0 Å². The maximum absolute atomic E-state index is 12.0. The van der Waals surface area contributed by atoms with Crippen molar-refractivity contribution in [3.05, 3.63) is 0 Å². The van der Waals surface area contributed by atoms with Crippen LogP contribution in [-0.4, -0.2) is 17.6 Å². The minimum absolute atomic E-state index is 0.252.